The molecule has 0 aromatic heterocycles. The van der Waals surface area contributed by atoms with Gasteiger partial charge in [0.1, 0.15) is 11.6 Å². The molecule has 0 saturated carbocycles. The molecule has 1 aliphatic rings. The Hall–Kier alpha value is -1.29. The van der Waals surface area contributed by atoms with Gasteiger partial charge in [-0.25, -0.2) is 8.78 Å². The zero-order chi connectivity index (χ0) is 14.0. The van der Waals surface area contributed by atoms with Crippen LogP contribution in [0.2, 0.25) is 0 Å². The molecule has 0 amide bonds. The minimum absolute atomic E-state index is 0.0220. The van der Waals surface area contributed by atoms with Crippen molar-refractivity contribution in [3.63, 3.8) is 0 Å². The van der Waals surface area contributed by atoms with Crippen LogP contribution in [0.3, 0.4) is 0 Å². The lowest BCUT2D eigenvalue weighted by molar-refractivity contribution is 0.0841. The summed E-state index contributed by atoms with van der Waals surface area (Å²) in [6.45, 7) is 6.33. The van der Waals surface area contributed by atoms with E-state index in [1.165, 1.54) is 6.07 Å². The van der Waals surface area contributed by atoms with Gasteiger partial charge in [-0.2, -0.15) is 0 Å². The number of Topliss-reactive ketones (excluding diaryl/α,β-unsaturated/α-hetero) is 1. The van der Waals surface area contributed by atoms with Gasteiger partial charge in [0.25, 0.3) is 0 Å². The van der Waals surface area contributed by atoms with Gasteiger partial charge in [-0.3, -0.25) is 9.69 Å². The van der Waals surface area contributed by atoms with Gasteiger partial charge >= 0.3 is 0 Å². The lowest BCUT2D eigenvalue weighted by Crippen LogP contribution is -2.40. The highest BCUT2D eigenvalue weighted by Crippen LogP contribution is 2.29. The van der Waals surface area contributed by atoms with Crippen LogP contribution in [-0.4, -0.2) is 30.3 Å². The summed E-state index contributed by atoms with van der Waals surface area (Å²) >= 11 is 0. The molecular formula is C15H19F2NO. The number of carbonyl (C=O) groups excluding carboxylic acids is 1. The molecular weight excluding hydrogens is 248 g/mol. The Kier molecular flexibility index (Phi) is 3.99. The van der Waals surface area contributed by atoms with Crippen LogP contribution in [0.25, 0.3) is 0 Å². The van der Waals surface area contributed by atoms with Crippen molar-refractivity contribution in [3.05, 3.63) is 35.4 Å². The first-order valence-corrected chi connectivity index (χ1v) is 6.58. The Balaban J connectivity index is 1.98. The van der Waals surface area contributed by atoms with Crippen molar-refractivity contribution in [1.29, 1.82) is 0 Å². The van der Waals surface area contributed by atoms with Crippen molar-refractivity contribution in [1.82, 2.24) is 4.90 Å². The number of likely N-dealkylation sites (tertiary alicyclic amines) is 1. The fourth-order valence-corrected chi connectivity index (χ4v) is 2.32. The molecule has 0 radical (unpaired) electrons. The Morgan fingerprint density at radius 3 is 2.47 bits per heavy atom. The van der Waals surface area contributed by atoms with Crippen molar-refractivity contribution in [2.75, 3.05) is 19.6 Å². The molecule has 4 heteroatoms. The molecule has 0 atom stereocenters. The van der Waals surface area contributed by atoms with E-state index >= 15 is 0 Å². The Bertz CT molecular complexity index is 475. The van der Waals surface area contributed by atoms with Crippen LogP contribution in [0.15, 0.2) is 18.2 Å². The summed E-state index contributed by atoms with van der Waals surface area (Å²) in [4.78, 5) is 14.0. The second kappa shape index (κ2) is 5.37. The standard InChI is InChI=1S/C15H19F2NO/c1-15(2)5-7-18(8-6-15)10-14(19)12-4-3-11(16)9-13(12)17/h3-4,9H,5-8,10H2,1-2H3. The maximum atomic E-state index is 13.5. The van der Waals surface area contributed by atoms with E-state index in [-0.39, 0.29) is 17.9 Å². The van der Waals surface area contributed by atoms with E-state index in [2.05, 4.69) is 13.8 Å². The number of hydrogen-bond acceptors (Lipinski definition) is 2. The number of halogens is 2. The topological polar surface area (TPSA) is 20.3 Å². The van der Waals surface area contributed by atoms with Crippen LogP contribution >= 0.6 is 0 Å². The second-order valence-electron chi connectivity index (χ2n) is 5.99. The van der Waals surface area contributed by atoms with E-state index in [0.717, 1.165) is 38.1 Å². The van der Waals surface area contributed by atoms with Crippen LogP contribution in [-0.2, 0) is 0 Å². The summed E-state index contributed by atoms with van der Waals surface area (Å²) in [5.74, 6) is -1.71. The fraction of sp³-hybridized carbons (Fsp3) is 0.533. The lowest BCUT2D eigenvalue weighted by Gasteiger charge is -2.36. The van der Waals surface area contributed by atoms with E-state index in [4.69, 9.17) is 0 Å². The maximum Gasteiger partial charge on any atom is 0.179 e. The molecule has 1 heterocycles. The number of ketones is 1. The summed E-state index contributed by atoms with van der Waals surface area (Å²) in [6.07, 6.45) is 2.07. The fourth-order valence-electron chi connectivity index (χ4n) is 2.32. The van der Waals surface area contributed by atoms with Crippen LogP contribution in [0.1, 0.15) is 37.0 Å². The molecule has 2 rings (SSSR count). The van der Waals surface area contributed by atoms with E-state index in [1.54, 1.807) is 0 Å². The molecule has 0 aliphatic carbocycles. The van der Waals surface area contributed by atoms with Crippen molar-refractivity contribution in [2.24, 2.45) is 5.41 Å². The van der Waals surface area contributed by atoms with Gasteiger partial charge in [0.05, 0.1) is 12.1 Å². The molecule has 19 heavy (non-hydrogen) atoms. The summed E-state index contributed by atoms with van der Waals surface area (Å²) < 4.78 is 26.3. The number of benzene rings is 1. The van der Waals surface area contributed by atoms with Gasteiger partial charge in [-0.05, 0) is 43.5 Å². The Labute approximate surface area is 112 Å². The third-order valence-corrected chi connectivity index (χ3v) is 3.81. The second-order valence-corrected chi connectivity index (χ2v) is 5.99. The van der Waals surface area contributed by atoms with E-state index in [9.17, 15) is 13.6 Å². The largest absolute Gasteiger partial charge is 0.296 e. The van der Waals surface area contributed by atoms with Gasteiger partial charge in [0, 0.05) is 6.07 Å². The van der Waals surface area contributed by atoms with Crippen LogP contribution in [0.5, 0.6) is 0 Å². The normalized spacial score (nSPS) is 19.4. The highest BCUT2D eigenvalue weighted by atomic mass is 19.1. The third kappa shape index (κ3) is 3.60. The molecule has 1 aromatic rings. The van der Waals surface area contributed by atoms with Gasteiger partial charge in [0.2, 0.25) is 0 Å². The van der Waals surface area contributed by atoms with Crippen LogP contribution in [0.4, 0.5) is 8.78 Å². The van der Waals surface area contributed by atoms with Gasteiger partial charge in [-0.15, -0.1) is 0 Å². The highest BCUT2D eigenvalue weighted by Gasteiger charge is 2.26. The van der Waals surface area contributed by atoms with Crippen molar-refractivity contribution in [3.8, 4) is 0 Å². The van der Waals surface area contributed by atoms with Gasteiger partial charge in [-0.1, -0.05) is 13.8 Å². The van der Waals surface area contributed by atoms with Gasteiger partial charge in [0.15, 0.2) is 5.78 Å². The summed E-state index contributed by atoms with van der Waals surface area (Å²) in [6, 6.07) is 3.10. The third-order valence-electron chi connectivity index (χ3n) is 3.81. The molecule has 2 nitrogen and oxygen atoms in total. The molecule has 0 unspecified atom stereocenters. The number of rotatable bonds is 3. The maximum absolute atomic E-state index is 13.5. The quantitative estimate of drug-likeness (QED) is 0.783. The molecule has 1 saturated heterocycles. The zero-order valence-corrected chi connectivity index (χ0v) is 11.4. The molecule has 1 aliphatic heterocycles. The monoisotopic (exact) mass is 267 g/mol. The number of nitrogens with zero attached hydrogens (tertiary/aromatic N) is 1. The molecule has 1 fully saturated rings. The Morgan fingerprint density at radius 2 is 1.89 bits per heavy atom. The highest BCUT2D eigenvalue weighted by molar-refractivity contribution is 5.97. The molecule has 0 bridgehead atoms. The van der Waals surface area contributed by atoms with Gasteiger partial charge < -0.3 is 0 Å². The molecule has 0 spiro atoms. The Morgan fingerprint density at radius 1 is 1.26 bits per heavy atom. The first kappa shape index (κ1) is 14.1. The molecule has 104 valence electrons. The molecule has 0 N–H and O–H groups in total. The predicted octanol–water partition coefficient (Wildman–Crippen LogP) is 3.27. The lowest BCUT2D eigenvalue weighted by atomic mass is 9.82. The average Bonchev–Trinajstić information content (AvgIpc) is 2.31. The average molecular weight is 267 g/mol. The van der Waals surface area contributed by atoms with E-state index in [0.29, 0.717) is 5.41 Å². The van der Waals surface area contributed by atoms with Crippen molar-refractivity contribution >= 4 is 5.78 Å². The number of carbonyl (C=O) groups is 1. The van der Waals surface area contributed by atoms with Crippen molar-refractivity contribution < 1.29 is 13.6 Å². The predicted molar refractivity (Wildman–Crippen MR) is 70.1 cm³/mol. The molecule has 1 aromatic carbocycles. The van der Waals surface area contributed by atoms with E-state index < -0.39 is 11.6 Å². The first-order chi connectivity index (χ1) is 8.87. The first-order valence-electron chi connectivity index (χ1n) is 6.58. The SMILES string of the molecule is CC1(C)CCN(CC(=O)c2ccc(F)cc2F)CC1. The summed E-state index contributed by atoms with van der Waals surface area (Å²) in [5.41, 5.74) is 0.298. The summed E-state index contributed by atoms with van der Waals surface area (Å²) in [5, 5.41) is 0. The minimum Gasteiger partial charge on any atom is -0.296 e. The number of piperidine rings is 1. The zero-order valence-electron chi connectivity index (χ0n) is 11.4. The van der Waals surface area contributed by atoms with Crippen LogP contribution in [0, 0.1) is 17.0 Å². The minimum atomic E-state index is -0.776. The summed E-state index contributed by atoms with van der Waals surface area (Å²) in [7, 11) is 0. The smallest absolute Gasteiger partial charge is 0.179 e. The van der Waals surface area contributed by atoms with Crippen LogP contribution < -0.4 is 0 Å². The number of hydrogen-bond donors (Lipinski definition) is 0. The van der Waals surface area contributed by atoms with Crippen molar-refractivity contribution in [2.45, 2.75) is 26.7 Å². The van der Waals surface area contributed by atoms with E-state index in [1.807, 2.05) is 4.90 Å².